The highest BCUT2D eigenvalue weighted by atomic mass is 14.3. The molecule has 0 heteroatoms. The van der Waals surface area contributed by atoms with Crippen molar-refractivity contribution in [2.45, 2.75) is 39.5 Å². The summed E-state index contributed by atoms with van der Waals surface area (Å²) in [4.78, 5) is 0. The fraction of sp³-hybridized carbons (Fsp3) is 0.400. The summed E-state index contributed by atoms with van der Waals surface area (Å²) < 4.78 is 0. The lowest BCUT2D eigenvalue weighted by atomic mass is 9.85. The van der Waals surface area contributed by atoms with Crippen molar-refractivity contribution in [3.63, 3.8) is 0 Å². The van der Waals surface area contributed by atoms with Crippen LogP contribution >= 0.6 is 0 Å². The van der Waals surface area contributed by atoms with Crippen molar-refractivity contribution in [3.8, 4) is 11.1 Å². The Bertz CT molecular complexity index is 549. The summed E-state index contributed by atoms with van der Waals surface area (Å²) in [6.45, 7) is 7.06. The Kier molecular flexibility index (Phi) is 3.65. The first-order chi connectivity index (χ1) is 9.68. The second-order valence-electron chi connectivity index (χ2n) is 6.53. The van der Waals surface area contributed by atoms with Crippen LogP contribution in [0.4, 0.5) is 0 Å². The third-order valence-electron chi connectivity index (χ3n) is 5.01. The Hall–Kier alpha value is -1.56. The van der Waals surface area contributed by atoms with Gasteiger partial charge in [0.25, 0.3) is 0 Å². The second kappa shape index (κ2) is 5.44. The summed E-state index contributed by atoms with van der Waals surface area (Å²) in [7, 11) is 0. The first-order valence-electron chi connectivity index (χ1n) is 7.86. The zero-order valence-corrected chi connectivity index (χ0v) is 12.8. The zero-order valence-electron chi connectivity index (χ0n) is 12.8. The molecule has 2 aromatic rings. The molecule has 0 aliphatic heterocycles. The Morgan fingerprint density at radius 3 is 1.80 bits per heavy atom. The maximum atomic E-state index is 2.39. The Balaban J connectivity index is 1.91. The largest absolute Gasteiger partial charge is 0.0625 e. The van der Waals surface area contributed by atoms with E-state index in [1.54, 1.807) is 0 Å². The predicted octanol–water partition coefficient (Wildman–Crippen LogP) is 5.87. The molecule has 0 bridgehead atoms. The highest BCUT2D eigenvalue weighted by Crippen LogP contribution is 2.47. The molecule has 0 saturated carbocycles. The molecule has 0 aromatic heterocycles. The summed E-state index contributed by atoms with van der Waals surface area (Å²) >= 11 is 0. The summed E-state index contributed by atoms with van der Waals surface area (Å²) in [5.74, 6) is 2.18. The van der Waals surface area contributed by atoms with Gasteiger partial charge < -0.3 is 0 Å². The predicted molar refractivity (Wildman–Crippen MR) is 87.0 cm³/mol. The van der Waals surface area contributed by atoms with Crippen molar-refractivity contribution >= 4 is 0 Å². The third kappa shape index (κ3) is 2.28. The summed E-state index contributed by atoms with van der Waals surface area (Å²) in [5.41, 5.74) is 5.96. The Morgan fingerprint density at radius 2 is 1.30 bits per heavy atom. The monoisotopic (exact) mass is 264 g/mol. The smallest absolute Gasteiger partial charge is 0.0102 e. The Labute approximate surface area is 122 Å². The van der Waals surface area contributed by atoms with Crippen LogP contribution in [-0.2, 0) is 0 Å². The number of rotatable bonds is 4. The van der Waals surface area contributed by atoms with Crippen LogP contribution in [0.25, 0.3) is 11.1 Å². The first-order valence-corrected chi connectivity index (χ1v) is 7.86. The standard InChI is InChI=1S/C20H24/c1-14(2)15(3)12-13-20-18-10-6-4-8-16(18)17-9-5-7-11-19(17)20/h4-11,14-15,20H,12-13H2,1-3H3. The van der Waals surface area contributed by atoms with Gasteiger partial charge in [0.1, 0.15) is 0 Å². The molecule has 1 atom stereocenters. The normalized spacial score (nSPS) is 15.2. The molecule has 2 aromatic carbocycles. The number of hydrogen-bond donors (Lipinski definition) is 0. The van der Waals surface area contributed by atoms with Gasteiger partial charge in [-0.05, 0) is 46.9 Å². The van der Waals surface area contributed by atoms with Crippen molar-refractivity contribution in [1.82, 2.24) is 0 Å². The maximum Gasteiger partial charge on any atom is 0.0102 e. The number of benzene rings is 2. The van der Waals surface area contributed by atoms with E-state index in [1.807, 2.05) is 0 Å². The van der Waals surface area contributed by atoms with Crippen molar-refractivity contribution < 1.29 is 0 Å². The molecule has 0 amide bonds. The molecule has 0 saturated heterocycles. The van der Waals surface area contributed by atoms with E-state index in [0.717, 1.165) is 11.8 Å². The molecule has 0 spiro atoms. The fourth-order valence-corrected chi connectivity index (χ4v) is 3.33. The molecular formula is C20H24. The van der Waals surface area contributed by atoms with Gasteiger partial charge in [-0.1, -0.05) is 69.3 Å². The molecule has 0 heterocycles. The lowest BCUT2D eigenvalue weighted by molar-refractivity contribution is 0.376. The average molecular weight is 264 g/mol. The SMILES string of the molecule is CC(C)C(C)CCC1c2ccccc2-c2ccccc21. The molecule has 1 aliphatic rings. The van der Waals surface area contributed by atoms with E-state index in [-0.39, 0.29) is 0 Å². The quantitative estimate of drug-likeness (QED) is 0.647. The van der Waals surface area contributed by atoms with E-state index in [1.165, 1.54) is 35.1 Å². The van der Waals surface area contributed by atoms with Crippen LogP contribution in [-0.4, -0.2) is 0 Å². The minimum absolute atomic E-state index is 0.601. The van der Waals surface area contributed by atoms with Crippen LogP contribution < -0.4 is 0 Å². The molecule has 1 aliphatic carbocycles. The molecule has 0 N–H and O–H groups in total. The van der Waals surface area contributed by atoms with Crippen LogP contribution in [0.1, 0.15) is 50.7 Å². The van der Waals surface area contributed by atoms with E-state index < -0.39 is 0 Å². The first kappa shape index (κ1) is 13.4. The Morgan fingerprint density at radius 1 is 0.800 bits per heavy atom. The van der Waals surface area contributed by atoms with E-state index in [2.05, 4.69) is 69.3 Å². The third-order valence-corrected chi connectivity index (χ3v) is 5.01. The molecule has 104 valence electrons. The minimum Gasteiger partial charge on any atom is -0.0625 e. The van der Waals surface area contributed by atoms with Crippen molar-refractivity contribution in [3.05, 3.63) is 59.7 Å². The highest BCUT2D eigenvalue weighted by molar-refractivity contribution is 5.78. The molecule has 3 rings (SSSR count). The van der Waals surface area contributed by atoms with Gasteiger partial charge in [0.15, 0.2) is 0 Å². The van der Waals surface area contributed by atoms with Gasteiger partial charge in [0, 0.05) is 5.92 Å². The van der Waals surface area contributed by atoms with Gasteiger partial charge in [-0.3, -0.25) is 0 Å². The second-order valence-corrected chi connectivity index (χ2v) is 6.53. The van der Waals surface area contributed by atoms with Crippen molar-refractivity contribution in [2.75, 3.05) is 0 Å². The van der Waals surface area contributed by atoms with E-state index in [4.69, 9.17) is 0 Å². The summed E-state index contributed by atoms with van der Waals surface area (Å²) in [5, 5.41) is 0. The topological polar surface area (TPSA) is 0 Å². The number of fused-ring (bicyclic) bond motifs is 3. The van der Waals surface area contributed by atoms with E-state index in [9.17, 15) is 0 Å². The fourth-order valence-electron chi connectivity index (χ4n) is 3.33. The van der Waals surface area contributed by atoms with Gasteiger partial charge in [-0.25, -0.2) is 0 Å². The van der Waals surface area contributed by atoms with Crippen LogP contribution in [0.2, 0.25) is 0 Å². The summed E-state index contributed by atoms with van der Waals surface area (Å²) in [6.07, 6.45) is 2.58. The van der Waals surface area contributed by atoms with Crippen LogP contribution in [0.15, 0.2) is 48.5 Å². The van der Waals surface area contributed by atoms with Crippen molar-refractivity contribution in [1.29, 1.82) is 0 Å². The van der Waals surface area contributed by atoms with Crippen LogP contribution in [0.5, 0.6) is 0 Å². The van der Waals surface area contributed by atoms with Crippen LogP contribution in [0.3, 0.4) is 0 Å². The molecule has 20 heavy (non-hydrogen) atoms. The van der Waals surface area contributed by atoms with Gasteiger partial charge in [0.2, 0.25) is 0 Å². The van der Waals surface area contributed by atoms with Gasteiger partial charge in [-0.15, -0.1) is 0 Å². The van der Waals surface area contributed by atoms with Crippen molar-refractivity contribution in [2.24, 2.45) is 11.8 Å². The molecular weight excluding hydrogens is 240 g/mol. The van der Waals surface area contributed by atoms with Gasteiger partial charge in [-0.2, -0.15) is 0 Å². The summed E-state index contributed by atoms with van der Waals surface area (Å²) in [6, 6.07) is 17.9. The van der Waals surface area contributed by atoms with E-state index in [0.29, 0.717) is 5.92 Å². The molecule has 0 radical (unpaired) electrons. The zero-order chi connectivity index (χ0) is 14.1. The highest BCUT2D eigenvalue weighted by Gasteiger charge is 2.27. The molecule has 1 unspecified atom stereocenters. The van der Waals surface area contributed by atoms with Gasteiger partial charge >= 0.3 is 0 Å². The van der Waals surface area contributed by atoms with Crippen LogP contribution in [0, 0.1) is 11.8 Å². The van der Waals surface area contributed by atoms with Gasteiger partial charge in [0.05, 0.1) is 0 Å². The molecule has 0 nitrogen and oxygen atoms in total. The van der Waals surface area contributed by atoms with E-state index >= 15 is 0 Å². The minimum atomic E-state index is 0.601. The molecule has 0 fully saturated rings. The lowest BCUT2D eigenvalue weighted by Gasteiger charge is -2.19. The maximum absolute atomic E-state index is 2.39. The number of hydrogen-bond acceptors (Lipinski definition) is 0. The average Bonchev–Trinajstić information content (AvgIpc) is 2.79. The lowest BCUT2D eigenvalue weighted by Crippen LogP contribution is -2.06.